The average Bonchev–Trinajstić information content (AvgIpc) is 2.75. The van der Waals surface area contributed by atoms with E-state index in [-0.39, 0.29) is 17.8 Å². The number of nitrogens with two attached hydrogens (primary N) is 1. The summed E-state index contributed by atoms with van der Waals surface area (Å²) < 4.78 is 0. The van der Waals surface area contributed by atoms with E-state index in [0.717, 1.165) is 11.1 Å². The lowest BCUT2D eigenvalue weighted by molar-refractivity contribution is -0.115. The second-order valence-electron chi connectivity index (χ2n) is 6.84. The summed E-state index contributed by atoms with van der Waals surface area (Å²) in [6.07, 6.45) is 3.21. The van der Waals surface area contributed by atoms with Crippen molar-refractivity contribution in [2.45, 2.75) is 13.8 Å². The first-order valence-corrected chi connectivity index (χ1v) is 9.85. The first-order valence-electron chi connectivity index (χ1n) is 9.85. The maximum atomic E-state index is 11.1. The van der Waals surface area contributed by atoms with E-state index < -0.39 is 0 Å². The molecule has 0 radical (unpaired) electrons. The Kier molecular flexibility index (Phi) is 7.62. The molecule has 11 nitrogen and oxygen atoms in total. The Balaban J connectivity index is 1.57. The summed E-state index contributed by atoms with van der Waals surface area (Å²) in [5, 5.41) is 13.7. The maximum Gasteiger partial charge on any atom is 0.224 e. The van der Waals surface area contributed by atoms with Crippen molar-refractivity contribution in [1.82, 2.24) is 9.97 Å². The van der Waals surface area contributed by atoms with Gasteiger partial charge in [0, 0.05) is 31.3 Å². The maximum absolute atomic E-state index is 11.1. The summed E-state index contributed by atoms with van der Waals surface area (Å²) in [6, 6.07) is 16.0. The van der Waals surface area contributed by atoms with Gasteiger partial charge in [0.25, 0.3) is 0 Å². The van der Waals surface area contributed by atoms with Gasteiger partial charge in [-0.3, -0.25) is 20.4 Å². The molecular weight excluding hydrogens is 422 g/mol. The molecule has 0 aliphatic rings. The van der Waals surface area contributed by atoms with Gasteiger partial charge in [0.15, 0.2) is 11.6 Å². The van der Waals surface area contributed by atoms with Gasteiger partial charge in [-0.2, -0.15) is 20.2 Å². The molecular formula is C22H23N9O2. The number of nitrogens with one attached hydrogen (secondary N) is 4. The molecule has 0 aliphatic heterocycles. The molecule has 11 heteroatoms. The number of rotatable bonds is 8. The highest BCUT2D eigenvalue weighted by atomic mass is 16.2. The molecule has 0 saturated heterocycles. The number of hydrogen-bond donors (Lipinski definition) is 5. The molecule has 0 atom stereocenters. The third-order valence-corrected chi connectivity index (χ3v) is 3.99. The normalized spacial score (nSPS) is 10.8. The fourth-order valence-corrected chi connectivity index (χ4v) is 2.64. The molecule has 33 heavy (non-hydrogen) atoms. The number of nitrogens with zero attached hydrogens (tertiary/aromatic N) is 4. The second-order valence-corrected chi connectivity index (χ2v) is 6.84. The van der Waals surface area contributed by atoms with Gasteiger partial charge < -0.3 is 16.4 Å². The molecule has 2 aromatic carbocycles. The molecule has 0 bridgehead atoms. The molecule has 3 rings (SSSR count). The van der Waals surface area contributed by atoms with Gasteiger partial charge in [0.05, 0.1) is 12.4 Å². The Labute approximate surface area is 190 Å². The van der Waals surface area contributed by atoms with Crippen LogP contribution in [-0.2, 0) is 9.59 Å². The predicted molar refractivity (Wildman–Crippen MR) is 130 cm³/mol. The molecule has 6 N–H and O–H groups in total. The van der Waals surface area contributed by atoms with Gasteiger partial charge in [-0.25, -0.2) is 0 Å². The minimum Gasteiger partial charge on any atom is -0.368 e. The van der Waals surface area contributed by atoms with E-state index in [1.165, 1.54) is 13.8 Å². The highest BCUT2D eigenvalue weighted by Crippen LogP contribution is 2.13. The molecule has 2 amide bonds. The van der Waals surface area contributed by atoms with Crippen molar-refractivity contribution >= 4 is 53.2 Å². The summed E-state index contributed by atoms with van der Waals surface area (Å²) in [6.45, 7) is 2.90. The van der Waals surface area contributed by atoms with Gasteiger partial charge in [-0.15, -0.1) is 0 Å². The van der Waals surface area contributed by atoms with Crippen LogP contribution in [0.15, 0.2) is 64.8 Å². The number of nitrogen functional groups attached to an aromatic ring is 1. The molecule has 0 unspecified atom stereocenters. The SMILES string of the molecule is CC(=O)Nc1ccc(C=NNc2cc(NN=Cc3ccc(NC(C)=O)cc3)nc(N)n2)cc1. The summed E-state index contributed by atoms with van der Waals surface area (Å²) in [5.74, 6) is 0.547. The van der Waals surface area contributed by atoms with Crippen LogP contribution in [-0.4, -0.2) is 34.2 Å². The number of anilines is 5. The van der Waals surface area contributed by atoms with E-state index in [4.69, 9.17) is 5.73 Å². The fraction of sp³-hybridized carbons (Fsp3) is 0.0909. The van der Waals surface area contributed by atoms with Gasteiger partial charge in [0.1, 0.15) is 0 Å². The Morgan fingerprint density at radius 1 is 0.758 bits per heavy atom. The summed E-state index contributed by atoms with van der Waals surface area (Å²) in [7, 11) is 0. The minimum atomic E-state index is -0.131. The molecule has 0 spiro atoms. The third-order valence-electron chi connectivity index (χ3n) is 3.99. The quantitative estimate of drug-likeness (QED) is 0.263. The van der Waals surface area contributed by atoms with Crippen molar-refractivity contribution in [1.29, 1.82) is 0 Å². The van der Waals surface area contributed by atoms with Crippen LogP contribution in [0.3, 0.4) is 0 Å². The molecule has 0 fully saturated rings. The first kappa shape index (κ1) is 22.9. The van der Waals surface area contributed by atoms with Gasteiger partial charge in [-0.1, -0.05) is 24.3 Å². The first-order chi connectivity index (χ1) is 15.9. The second kappa shape index (κ2) is 11.0. The van der Waals surface area contributed by atoms with Crippen molar-refractivity contribution in [2.75, 3.05) is 27.2 Å². The lowest BCUT2D eigenvalue weighted by Gasteiger charge is -2.05. The third kappa shape index (κ3) is 7.75. The van der Waals surface area contributed by atoms with Gasteiger partial charge in [-0.05, 0) is 35.4 Å². The smallest absolute Gasteiger partial charge is 0.224 e. The molecule has 0 saturated carbocycles. The Morgan fingerprint density at radius 2 is 1.15 bits per heavy atom. The van der Waals surface area contributed by atoms with Crippen LogP contribution >= 0.6 is 0 Å². The zero-order valence-corrected chi connectivity index (χ0v) is 18.0. The highest BCUT2D eigenvalue weighted by molar-refractivity contribution is 5.90. The van der Waals surface area contributed by atoms with Gasteiger partial charge in [0.2, 0.25) is 17.8 Å². The number of hydrazone groups is 2. The number of carbonyl (C=O) groups is 2. The minimum absolute atomic E-state index is 0.0484. The van der Waals surface area contributed by atoms with Crippen molar-refractivity contribution < 1.29 is 9.59 Å². The lowest BCUT2D eigenvalue weighted by Crippen LogP contribution is -2.05. The van der Waals surface area contributed by atoms with Gasteiger partial charge >= 0.3 is 0 Å². The molecule has 3 aromatic rings. The van der Waals surface area contributed by atoms with Crippen LogP contribution in [0.25, 0.3) is 0 Å². The van der Waals surface area contributed by atoms with E-state index in [0.29, 0.717) is 23.0 Å². The predicted octanol–water partition coefficient (Wildman–Crippen LogP) is 2.87. The Bertz CT molecular complexity index is 1080. The van der Waals surface area contributed by atoms with E-state index in [1.807, 2.05) is 24.3 Å². The standard InChI is InChI=1S/C22H23N9O2/c1-14(32)26-18-7-3-16(4-8-18)12-24-30-20-11-21(29-22(23)28-20)31-25-13-17-5-9-19(10-6-17)27-15(2)33/h3-13H,1-2H3,(H,26,32)(H,27,33)(H4,23,28,29,30,31). The molecule has 168 valence electrons. The lowest BCUT2D eigenvalue weighted by atomic mass is 10.2. The molecule has 1 heterocycles. The highest BCUT2D eigenvalue weighted by Gasteiger charge is 2.01. The van der Waals surface area contributed by atoms with Crippen molar-refractivity contribution in [2.24, 2.45) is 10.2 Å². The van der Waals surface area contributed by atoms with Crippen molar-refractivity contribution in [3.8, 4) is 0 Å². The van der Waals surface area contributed by atoms with Crippen LogP contribution in [0.4, 0.5) is 29.0 Å². The number of benzene rings is 2. The van der Waals surface area contributed by atoms with E-state index >= 15 is 0 Å². The van der Waals surface area contributed by atoms with Crippen LogP contribution in [0.1, 0.15) is 25.0 Å². The monoisotopic (exact) mass is 445 g/mol. The Hall–Kier alpha value is -4.80. The number of carbonyl (C=O) groups excluding carboxylic acids is 2. The number of amides is 2. The van der Waals surface area contributed by atoms with Crippen LogP contribution in [0.5, 0.6) is 0 Å². The summed E-state index contributed by atoms with van der Waals surface area (Å²) >= 11 is 0. The summed E-state index contributed by atoms with van der Waals surface area (Å²) in [4.78, 5) is 30.3. The van der Waals surface area contributed by atoms with Crippen molar-refractivity contribution in [3.05, 3.63) is 65.7 Å². The van der Waals surface area contributed by atoms with Crippen LogP contribution in [0.2, 0.25) is 0 Å². The largest absolute Gasteiger partial charge is 0.368 e. The topological polar surface area (TPSA) is 159 Å². The van der Waals surface area contributed by atoms with E-state index in [1.54, 1.807) is 42.8 Å². The summed E-state index contributed by atoms with van der Waals surface area (Å²) in [5.41, 5.74) is 14.4. The number of hydrogen-bond acceptors (Lipinski definition) is 9. The zero-order valence-electron chi connectivity index (χ0n) is 18.0. The average molecular weight is 445 g/mol. The number of aromatic nitrogens is 2. The van der Waals surface area contributed by atoms with Crippen LogP contribution in [0, 0.1) is 0 Å². The fourth-order valence-electron chi connectivity index (χ4n) is 2.64. The zero-order chi connectivity index (χ0) is 23.6. The van der Waals surface area contributed by atoms with E-state index in [2.05, 4.69) is 41.7 Å². The molecule has 0 aliphatic carbocycles. The molecule has 1 aromatic heterocycles. The van der Waals surface area contributed by atoms with Crippen molar-refractivity contribution in [3.63, 3.8) is 0 Å². The Morgan fingerprint density at radius 3 is 1.52 bits per heavy atom. The van der Waals surface area contributed by atoms with E-state index in [9.17, 15) is 9.59 Å². The van der Waals surface area contributed by atoms with Crippen LogP contribution < -0.4 is 27.2 Å².